The molecule has 0 aliphatic rings. The van der Waals surface area contributed by atoms with Crippen molar-refractivity contribution in [3.8, 4) is 11.3 Å². The van der Waals surface area contributed by atoms with Crippen LogP contribution in [0.3, 0.4) is 0 Å². The van der Waals surface area contributed by atoms with E-state index in [2.05, 4.69) is 15.1 Å². The molecule has 2 radical (unpaired) electrons. The summed E-state index contributed by atoms with van der Waals surface area (Å²) in [6.45, 7) is 0. The highest BCUT2D eigenvalue weighted by Crippen LogP contribution is 2.22. The van der Waals surface area contributed by atoms with E-state index < -0.39 is 9.84 Å². The third-order valence-electron chi connectivity index (χ3n) is 2.83. The van der Waals surface area contributed by atoms with E-state index in [9.17, 15) is 8.42 Å². The van der Waals surface area contributed by atoms with E-state index in [4.69, 9.17) is 7.85 Å². The molecule has 0 N–H and O–H groups in total. The summed E-state index contributed by atoms with van der Waals surface area (Å²) in [6.07, 6.45) is 7.66. The number of fused-ring (bicyclic) bond motifs is 1. The zero-order valence-electron chi connectivity index (χ0n) is 10.8. The lowest BCUT2D eigenvalue weighted by Gasteiger charge is -2.05. The molecule has 0 amide bonds. The normalized spacial score (nSPS) is 12.1. The second-order valence-corrected chi connectivity index (χ2v) is 6.41. The highest BCUT2D eigenvalue weighted by molar-refractivity contribution is 7.90. The Morgan fingerprint density at radius 2 is 2.00 bits per heavy atom. The van der Waals surface area contributed by atoms with Crippen molar-refractivity contribution < 1.29 is 8.42 Å². The Hall–Kier alpha value is -2.16. The SMILES string of the molecule is [B]c1cn2c(-c3cnn(C)c3)cnc2c(S(C)(=O)=O)n1. The predicted molar refractivity (Wildman–Crippen MR) is 73.7 cm³/mol. The van der Waals surface area contributed by atoms with Gasteiger partial charge in [-0.3, -0.25) is 9.08 Å². The number of sulfone groups is 1. The van der Waals surface area contributed by atoms with E-state index in [1.165, 1.54) is 0 Å². The number of aromatic nitrogens is 5. The molecule has 20 heavy (non-hydrogen) atoms. The van der Waals surface area contributed by atoms with Crippen molar-refractivity contribution in [1.82, 2.24) is 24.1 Å². The van der Waals surface area contributed by atoms with E-state index in [-0.39, 0.29) is 16.3 Å². The summed E-state index contributed by atoms with van der Waals surface area (Å²) in [7, 11) is 3.97. The van der Waals surface area contributed by atoms with Crippen molar-refractivity contribution in [2.24, 2.45) is 7.05 Å². The van der Waals surface area contributed by atoms with Gasteiger partial charge in [0.05, 0.1) is 18.1 Å². The first kappa shape index (κ1) is 12.9. The van der Waals surface area contributed by atoms with Crippen LogP contribution in [-0.4, -0.2) is 46.7 Å². The summed E-state index contributed by atoms with van der Waals surface area (Å²) in [6, 6.07) is 0. The van der Waals surface area contributed by atoms with E-state index in [1.807, 2.05) is 0 Å². The molecule has 0 atom stereocenters. The first-order valence-corrected chi connectivity index (χ1v) is 7.58. The standard InChI is InChI=1S/C11H10BN5O2S/c1-16-5-7(3-14-16)8-4-13-10-11(20(2,18)19)15-9(12)6-17(8)10/h3-6H,1-2H3. The molecule has 0 saturated carbocycles. The maximum atomic E-state index is 11.8. The summed E-state index contributed by atoms with van der Waals surface area (Å²) in [5.74, 6) is 0. The fourth-order valence-electron chi connectivity index (χ4n) is 1.99. The fourth-order valence-corrected chi connectivity index (χ4v) is 2.75. The Morgan fingerprint density at radius 3 is 2.60 bits per heavy atom. The lowest BCUT2D eigenvalue weighted by atomic mass is 10.1. The Balaban J connectivity index is 2.36. The van der Waals surface area contributed by atoms with Crippen LogP contribution in [0, 0.1) is 0 Å². The van der Waals surface area contributed by atoms with Gasteiger partial charge in [0.1, 0.15) is 7.85 Å². The quantitative estimate of drug-likeness (QED) is 0.584. The Morgan fingerprint density at radius 1 is 1.25 bits per heavy atom. The number of rotatable bonds is 2. The van der Waals surface area contributed by atoms with Gasteiger partial charge in [-0.25, -0.2) is 18.4 Å². The van der Waals surface area contributed by atoms with Gasteiger partial charge in [-0.15, -0.1) is 0 Å². The van der Waals surface area contributed by atoms with E-state index in [0.29, 0.717) is 5.69 Å². The van der Waals surface area contributed by atoms with Gasteiger partial charge in [0.15, 0.2) is 20.5 Å². The number of aryl methyl sites for hydroxylation is 1. The molecule has 0 aliphatic carbocycles. The minimum atomic E-state index is -3.51. The third kappa shape index (κ3) is 1.99. The molecule has 7 nitrogen and oxygen atoms in total. The van der Waals surface area contributed by atoms with Gasteiger partial charge in [-0.1, -0.05) is 0 Å². The Labute approximate surface area is 116 Å². The molecule has 0 saturated heterocycles. The van der Waals surface area contributed by atoms with Crippen LogP contribution in [0.2, 0.25) is 0 Å². The zero-order chi connectivity index (χ0) is 14.5. The second-order valence-electron chi connectivity index (χ2n) is 4.48. The van der Waals surface area contributed by atoms with Gasteiger partial charge in [-0.2, -0.15) is 5.10 Å². The first-order chi connectivity index (χ1) is 9.36. The zero-order valence-corrected chi connectivity index (χ0v) is 11.7. The van der Waals surface area contributed by atoms with Gasteiger partial charge in [0.2, 0.25) is 0 Å². The molecule has 3 aromatic rings. The monoisotopic (exact) mass is 287 g/mol. The van der Waals surface area contributed by atoms with Crippen LogP contribution in [0.25, 0.3) is 16.9 Å². The topological polar surface area (TPSA) is 82.2 Å². The van der Waals surface area contributed by atoms with Crippen molar-refractivity contribution >= 4 is 28.9 Å². The smallest absolute Gasteiger partial charge is 0.197 e. The second kappa shape index (κ2) is 4.17. The molecule has 100 valence electrons. The predicted octanol–water partition coefficient (Wildman–Crippen LogP) is -0.673. The van der Waals surface area contributed by atoms with Crippen LogP contribution < -0.4 is 5.59 Å². The fraction of sp³-hybridized carbons (Fsp3) is 0.182. The van der Waals surface area contributed by atoms with Crippen LogP contribution in [0.15, 0.2) is 29.8 Å². The molecule has 0 aliphatic heterocycles. The van der Waals surface area contributed by atoms with Crippen LogP contribution in [0.1, 0.15) is 0 Å². The molecule has 3 aromatic heterocycles. The molecule has 0 fully saturated rings. The van der Waals surface area contributed by atoms with E-state index in [1.54, 1.807) is 40.9 Å². The van der Waals surface area contributed by atoms with Gasteiger partial charge < -0.3 is 0 Å². The molecule has 9 heteroatoms. The number of nitrogens with zero attached hydrogens (tertiary/aromatic N) is 5. The van der Waals surface area contributed by atoms with Crippen molar-refractivity contribution in [3.05, 3.63) is 24.8 Å². The molecule has 0 spiro atoms. The minimum Gasteiger partial charge on any atom is -0.296 e. The maximum absolute atomic E-state index is 11.8. The highest BCUT2D eigenvalue weighted by Gasteiger charge is 2.19. The molecule has 3 rings (SSSR count). The number of hydrogen-bond donors (Lipinski definition) is 0. The first-order valence-electron chi connectivity index (χ1n) is 5.69. The highest BCUT2D eigenvalue weighted by atomic mass is 32.2. The van der Waals surface area contributed by atoms with Crippen LogP contribution >= 0.6 is 0 Å². The third-order valence-corrected chi connectivity index (χ3v) is 3.81. The van der Waals surface area contributed by atoms with Crippen LogP contribution in [0.5, 0.6) is 0 Å². The number of imidazole rings is 1. The van der Waals surface area contributed by atoms with Crippen LogP contribution in [0.4, 0.5) is 0 Å². The van der Waals surface area contributed by atoms with Crippen molar-refractivity contribution in [2.75, 3.05) is 6.26 Å². The minimum absolute atomic E-state index is 0.112. The lowest BCUT2D eigenvalue weighted by Crippen LogP contribution is -2.17. The average molecular weight is 287 g/mol. The van der Waals surface area contributed by atoms with Gasteiger partial charge in [-0.05, 0) is 0 Å². The number of hydrogen-bond acceptors (Lipinski definition) is 5. The molecule has 3 heterocycles. The van der Waals surface area contributed by atoms with Gasteiger partial charge in [0.25, 0.3) is 0 Å². The van der Waals surface area contributed by atoms with Gasteiger partial charge >= 0.3 is 0 Å². The molecule has 0 aromatic carbocycles. The molecule has 0 unspecified atom stereocenters. The Kier molecular flexibility index (Phi) is 2.68. The van der Waals surface area contributed by atoms with E-state index in [0.717, 1.165) is 11.8 Å². The Bertz CT molecular complexity index is 912. The lowest BCUT2D eigenvalue weighted by molar-refractivity contribution is 0.599. The largest absolute Gasteiger partial charge is 0.296 e. The summed E-state index contributed by atoms with van der Waals surface area (Å²) < 4.78 is 26.8. The molecule has 0 bridgehead atoms. The maximum Gasteiger partial charge on any atom is 0.197 e. The van der Waals surface area contributed by atoms with Crippen molar-refractivity contribution in [1.29, 1.82) is 0 Å². The summed E-state index contributed by atoms with van der Waals surface area (Å²) in [5, 5.41) is 3.95. The summed E-state index contributed by atoms with van der Waals surface area (Å²) >= 11 is 0. The average Bonchev–Trinajstić information content (AvgIpc) is 2.92. The molecular weight excluding hydrogens is 277 g/mol. The van der Waals surface area contributed by atoms with Gasteiger partial charge in [0, 0.05) is 36.9 Å². The summed E-state index contributed by atoms with van der Waals surface area (Å²) in [4.78, 5) is 8.01. The summed E-state index contributed by atoms with van der Waals surface area (Å²) in [5.41, 5.74) is 1.87. The molecular formula is C11H10BN5O2S. The van der Waals surface area contributed by atoms with Crippen molar-refractivity contribution in [2.45, 2.75) is 5.03 Å². The van der Waals surface area contributed by atoms with Crippen molar-refractivity contribution in [3.63, 3.8) is 0 Å². The van der Waals surface area contributed by atoms with E-state index >= 15 is 0 Å². The van der Waals surface area contributed by atoms with Crippen LogP contribution in [-0.2, 0) is 16.9 Å².